The van der Waals surface area contributed by atoms with E-state index in [4.69, 9.17) is 16.0 Å². The molecule has 0 aliphatic carbocycles. The Hall–Kier alpha value is -2.98. The van der Waals surface area contributed by atoms with E-state index in [0.717, 1.165) is 27.8 Å². The van der Waals surface area contributed by atoms with Crippen LogP contribution in [0.25, 0.3) is 10.9 Å². The first-order valence-corrected chi connectivity index (χ1v) is 10.8. The molecule has 0 bridgehead atoms. The summed E-state index contributed by atoms with van der Waals surface area (Å²) in [4.78, 5) is 16.2. The number of aromatic nitrogens is 1. The average molecular weight is 435 g/mol. The first kappa shape index (κ1) is 21.3. The summed E-state index contributed by atoms with van der Waals surface area (Å²) in [6.07, 6.45) is 3.93. The molecule has 0 radical (unpaired) electrons. The molecule has 0 saturated heterocycles. The van der Waals surface area contributed by atoms with E-state index in [2.05, 4.69) is 55.3 Å². The molecule has 1 amide bonds. The maximum absolute atomic E-state index is 12.9. The molecule has 0 unspecified atom stereocenters. The van der Waals surface area contributed by atoms with Gasteiger partial charge in [0.1, 0.15) is 5.76 Å². The van der Waals surface area contributed by atoms with Gasteiger partial charge in [0.2, 0.25) is 5.91 Å². The van der Waals surface area contributed by atoms with Gasteiger partial charge in [0, 0.05) is 34.5 Å². The number of halogens is 1. The van der Waals surface area contributed by atoms with Crippen LogP contribution in [-0.2, 0) is 16.8 Å². The number of furan rings is 1. The van der Waals surface area contributed by atoms with Crippen LogP contribution in [0.2, 0.25) is 5.02 Å². The van der Waals surface area contributed by atoms with Gasteiger partial charge in [-0.1, -0.05) is 56.6 Å². The van der Waals surface area contributed by atoms with Gasteiger partial charge in [-0.05, 0) is 52.4 Å². The minimum absolute atomic E-state index is 0.0299. The van der Waals surface area contributed by atoms with Crippen LogP contribution in [0.4, 0.5) is 0 Å². The van der Waals surface area contributed by atoms with Crippen molar-refractivity contribution >= 4 is 28.4 Å². The van der Waals surface area contributed by atoms with Crippen molar-refractivity contribution in [1.29, 1.82) is 0 Å². The van der Waals surface area contributed by atoms with Crippen molar-refractivity contribution in [2.45, 2.75) is 45.1 Å². The maximum Gasteiger partial charge on any atom is 0.221 e. The Balaban J connectivity index is 1.66. The summed E-state index contributed by atoms with van der Waals surface area (Å²) < 4.78 is 5.33. The molecule has 0 aliphatic heterocycles. The second-order valence-corrected chi connectivity index (χ2v) is 9.36. The molecule has 31 heavy (non-hydrogen) atoms. The zero-order valence-electron chi connectivity index (χ0n) is 18.0. The number of fused-ring (bicyclic) bond motifs is 1. The van der Waals surface area contributed by atoms with E-state index < -0.39 is 0 Å². The fourth-order valence-electron chi connectivity index (χ4n) is 3.88. The van der Waals surface area contributed by atoms with E-state index in [1.165, 1.54) is 5.56 Å². The topological polar surface area (TPSA) is 58.0 Å². The summed E-state index contributed by atoms with van der Waals surface area (Å²) in [6.45, 7) is 6.97. The Morgan fingerprint density at radius 2 is 1.90 bits per heavy atom. The second kappa shape index (κ2) is 8.64. The maximum atomic E-state index is 12.9. The molecule has 4 aromatic rings. The van der Waals surface area contributed by atoms with Gasteiger partial charge >= 0.3 is 0 Å². The molecular weight excluding hydrogens is 408 g/mol. The highest BCUT2D eigenvalue weighted by atomic mass is 35.5. The number of hydrogen-bond acceptors (Lipinski definition) is 2. The summed E-state index contributed by atoms with van der Waals surface area (Å²) in [5.74, 6) is 0.605. The highest BCUT2D eigenvalue weighted by Gasteiger charge is 2.23. The Bertz CT molecular complexity index is 1170. The van der Waals surface area contributed by atoms with Gasteiger partial charge in [-0.3, -0.25) is 4.79 Å². The lowest BCUT2D eigenvalue weighted by molar-refractivity contribution is -0.121. The second-order valence-electron chi connectivity index (χ2n) is 8.92. The number of amides is 1. The van der Waals surface area contributed by atoms with Gasteiger partial charge in [-0.15, -0.1) is 0 Å². The minimum atomic E-state index is -0.0992. The van der Waals surface area contributed by atoms with E-state index in [1.807, 2.05) is 36.5 Å². The molecule has 2 heterocycles. The van der Waals surface area contributed by atoms with E-state index in [1.54, 1.807) is 6.26 Å². The van der Waals surface area contributed by atoms with E-state index in [9.17, 15) is 4.79 Å². The molecule has 4 rings (SSSR count). The highest BCUT2D eigenvalue weighted by molar-refractivity contribution is 6.31. The monoisotopic (exact) mass is 434 g/mol. The largest absolute Gasteiger partial charge is 0.467 e. The molecule has 1 atom stereocenters. The Kier molecular flexibility index (Phi) is 5.92. The Morgan fingerprint density at radius 3 is 2.58 bits per heavy atom. The van der Waals surface area contributed by atoms with Crippen LogP contribution in [0, 0.1) is 0 Å². The van der Waals surface area contributed by atoms with Crippen molar-refractivity contribution < 1.29 is 9.21 Å². The van der Waals surface area contributed by atoms with E-state index in [-0.39, 0.29) is 17.2 Å². The SMILES string of the molecule is CC(C)(C)c1ccc([C@H](CC(=O)NCc2ccco2)c2c[nH]c3ccc(Cl)cc23)cc1. The smallest absolute Gasteiger partial charge is 0.221 e. The van der Waals surface area contributed by atoms with Crippen molar-refractivity contribution in [2.75, 3.05) is 0 Å². The van der Waals surface area contributed by atoms with Crippen molar-refractivity contribution in [3.8, 4) is 0 Å². The lowest BCUT2D eigenvalue weighted by Gasteiger charge is -2.22. The standard InChI is InChI=1S/C26H27ClN2O2/c1-26(2,3)18-8-6-17(7-9-18)21(14-25(30)29-15-20-5-4-12-31-20)23-16-28-24-11-10-19(27)13-22(23)24/h4-13,16,21,28H,14-15H2,1-3H3,(H,29,30)/t21-/m0/s1. The van der Waals surface area contributed by atoms with Crippen LogP contribution >= 0.6 is 11.6 Å². The minimum Gasteiger partial charge on any atom is -0.467 e. The summed E-state index contributed by atoms with van der Waals surface area (Å²) in [7, 11) is 0. The fourth-order valence-corrected chi connectivity index (χ4v) is 4.05. The fraction of sp³-hybridized carbons (Fsp3) is 0.269. The average Bonchev–Trinajstić information content (AvgIpc) is 3.40. The molecular formula is C26H27ClN2O2. The van der Waals surface area contributed by atoms with Crippen LogP contribution in [-0.4, -0.2) is 10.9 Å². The predicted molar refractivity (Wildman–Crippen MR) is 125 cm³/mol. The zero-order valence-corrected chi connectivity index (χ0v) is 18.8. The first-order valence-electron chi connectivity index (χ1n) is 10.5. The van der Waals surface area contributed by atoms with Crippen LogP contribution < -0.4 is 5.32 Å². The number of carbonyl (C=O) groups excluding carboxylic acids is 1. The number of nitrogens with one attached hydrogen (secondary N) is 2. The highest BCUT2D eigenvalue weighted by Crippen LogP contribution is 2.35. The van der Waals surface area contributed by atoms with Gasteiger partial charge in [-0.25, -0.2) is 0 Å². The number of hydrogen-bond donors (Lipinski definition) is 2. The lowest BCUT2D eigenvalue weighted by atomic mass is 9.83. The van der Waals surface area contributed by atoms with Crippen LogP contribution in [0.15, 0.2) is 71.5 Å². The molecule has 160 valence electrons. The number of carbonyl (C=O) groups is 1. The summed E-state index contributed by atoms with van der Waals surface area (Å²) in [5, 5.41) is 4.69. The van der Waals surface area contributed by atoms with Crippen LogP contribution in [0.5, 0.6) is 0 Å². The Labute approximate surface area is 187 Å². The molecule has 0 aliphatic rings. The quantitative estimate of drug-likeness (QED) is 0.361. The van der Waals surface area contributed by atoms with Crippen LogP contribution in [0.3, 0.4) is 0 Å². The molecule has 0 fully saturated rings. The summed E-state index contributed by atoms with van der Waals surface area (Å²) in [5.41, 5.74) is 4.50. The third-order valence-electron chi connectivity index (χ3n) is 5.66. The number of benzene rings is 2. The summed E-state index contributed by atoms with van der Waals surface area (Å²) in [6, 6.07) is 18.0. The molecule has 0 saturated carbocycles. The van der Waals surface area contributed by atoms with E-state index >= 15 is 0 Å². The van der Waals surface area contributed by atoms with Crippen molar-refractivity contribution in [3.05, 3.63) is 94.5 Å². The zero-order chi connectivity index (χ0) is 22.0. The third kappa shape index (κ3) is 4.86. The Morgan fingerprint density at radius 1 is 1.13 bits per heavy atom. The molecule has 4 nitrogen and oxygen atoms in total. The molecule has 2 aromatic carbocycles. The number of aromatic amines is 1. The van der Waals surface area contributed by atoms with E-state index in [0.29, 0.717) is 18.0 Å². The van der Waals surface area contributed by atoms with Gasteiger partial charge in [0.15, 0.2) is 0 Å². The number of rotatable bonds is 6. The van der Waals surface area contributed by atoms with Crippen molar-refractivity contribution in [3.63, 3.8) is 0 Å². The van der Waals surface area contributed by atoms with Gasteiger partial charge < -0.3 is 14.7 Å². The molecule has 5 heteroatoms. The first-order chi connectivity index (χ1) is 14.8. The predicted octanol–water partition coefficient (Wildman–Crippen LogP) is 6.55. The van der Waals surface area contributed by atoms with Gasteiger partial charge in [0.05, 0.1) is 12.8 Å². The van der Waals surface area contributed by atoms with Crippen molar-refractivity contribution in [1.82, 2.24) is 10.3 Å². The number of H-pyrrole nitrogens is 1. The molecule has 0 spiro atoms. The third-order valence-corrected chi connectivity index (χ3v) is 5.89. The van der Waals surface area contributed by atoms with Crippen molar-refractivity contribution in [2.24, 2.45) is 0 Å². The molecule has 2 N–H and O–H groups in total. The summed E-state index contributed by atoms with van der Waals surface area (Å²) >= 11 is 6.28. The normalized spacial score (nSPS) is 12.8. The lowest BCUT2D eigenvalue weighted by Crippen LogP contribution is -2.24. The molecule has 2 aromatic heterocycles. The van der Waals surface area contributed by atoms with Gasteiger partial charge in [0.25, 0.3) is 0 Å². The van der Waals surface area contributed by atoms with Gasteiger partial charge in [-0.2, -0.15) is 0 Å². The van der Waals surface area contributed by atoms with Crippen LogP contribution in [0.1, 0.15) is 55.6 Å².